The zero-order valence-corrected chi connectivity index (χ0v) is 14.0. The molecule has 0 saturated carbocycles. The summed E-state index contributed by atoms with van der Waals surface area (Å²) in [6.45, 7) is 0. The average Bonchev–Trinajstić information content (AvgIpc) is 2.70. The fourth-order valence-electron chi connectivity index (χ4n) is 2.88. The van der Waals surface area contributed by atoms with Crippen molar-refractivity contribution in [3.8, 4) is 16.9 Å². The molecule has 0 radical (unpaired) electrons. The third-order valence-corrected chi connectivity index (χ3v) is 4.04. The Morgan fingerprint density at radius 2 is 1.31 bits per heavy atom. The van der Waals surface area contributed by atoms with E-state index in [1.165, 1.54) is 0 Å². The summed E-state index contributed by atoms with van der Waals surface area (Å²) in [4.78, 5) is 16.5. The van der Waals surface area contributed by atoms with Crippen LogP contribution in [-0.4, -0.2) is 9.55 Å². The molecule has 0 aliphatic rings. The molecule has 4 rings (SSSR count). The van der Waals surface area contributed by atoms with Crippen LogP contribution in [0.2, 0.25) is 0 Å². The van der Waals surface area contributed by atoms with Crippen LogP contribution in [0.5, 0.6) is 0 Å². The Hall–Kier alpha value is -3.66. The Kier molecular flexibility index (Phi) is 4.31. The highest BCUT2D eigenvalue weighted by Gasteiger charge is 2.13. The summed E-state index contributed by atoms with van der Waals surface area (Å²) in [6, 6.07) is 31.0. The molecule has 126 valence electrons. The van der Waals surface area contributed by atoms with Crippen LogP contribution in [0.15, 0.2) is 102 Å². The van der Waals surface area contributed by atoms with E-state index in [1.807, 2.05) is 95.6 Å². The molecule has 0 bridgehead atoms. The quantitative estimate of drug-likeness (QED) is 0.589. The Balaban J connectivity index is 1.96. The van der Waals surface area contributed by atoms with Crippen LogP contribution in [0.4, 0.5) is 11.6 Å². The van der Waals surface area contributed by atoms with E-state index < -0.39 is 0 Å². The molecule has 1 aromatic heterocycles. The molecular weight excluding hydrogens is 322 g/mol. The molecule has 4 nitrogen and oxygen atoms in total. The van der Waals surface area contributed by atoms with Gasteiger partial charge in [-0.3, -0.25) is 9.36 Å². The first-order chi connectivity index (χ1) is 12.8. The third-order valence-electron chi connectivity index (χ3n) is 4.04. The van der Waals surface area contributed by atoms with Gasteiger partial charge in [0.1, 0.15) is 0 Å². The van der Waals surface area contributed by atoms with Crippen molar-refractivity contribution in [3.63, 3.8) is 0 Å². The molecule has 4 aromatic rings. The lowest BCUT2D eigenvalue weighted by molar-refractivity contribution is 0.983. The number of rotatable bonds is 4. The maximum atomic E-state index is 12.3. The van der Waals surface area contributed by atoms with Crippen LogP contribution in [0.3, 0.4) is 0 Å². The van der Waals surface area contributed by atoms with Crippen molar-refractivity contribution >= 4 is 11.6 Å². The summed E-state index contributed by atoms with van der Waals surface area (Å²) in [5.74, 6) is 0.480. The summed E-state index contributed by atoms with van der Waals surface area (Å²) < 4.78 is 1.96. The van der Waals surface area contributed by atoms with Crippen molar-refractivity contribution in [2.75, 3.05) is 5.32 Å². The largest absolute Gasteiger partial charge is 0.325 e. The van der Waals surface area contributed by atoms with Gasteiger partial charge in [-0.2, -0.15) is 4.98 Å². The fourth-order valence-corrected chi connectivity index (χ4v) is 2.88. The van der Waals surface area contributed by atoms with Crippen molar-refractivity contribution in [3.05, 3.63) is 107 Å². The molecule has 26 heavy (non-hydrogen) atoms. The van der Waals surface area contributed by atoms with Gasteiger partial charge >= 0.3 is 0 Å². The van der Waals surface area contributed by atoms with Gasteiger partial charge in [0.05, 0.1) is 5.69 Å². The highest BCUT2D eigenvalue weighted by Crippen LogP contribution is 2.26. The highest BCUT2D eigenvalue weighted by molar-refractivity contribution is 5.67. The van der Waals surface area contributed by atoms with Crippen molar-refractivity contribution in [1.29, 1.82) is 0 Å². The standard InChI is InChI=1S/C22H17N3O/c26-21-16-20(17-10-4-1-5-11-17)25(19-14-8-3-9-15-19)22(24-21)23-18-12-6-2-7-13-18/h1-16H,(H,23,24,26). The fraction of sp³-hybridized carbons (Fsp3) is 0. The van der Waals surface area contributed by atoms with Crippen molar-refractivity contribution in [1.82, 2.24) is 9.55 Å². The van der Waals surface area contributed by atoms with Gasteiger partial charge in [0.25, 0.3) is 5.56 Å². The number of anilines is 2. The average molecular weight is 339 g/mol. The smallest absolute Gasteiger partial charge is 0.275 e. The molecule has 0 aliphatic heterocycles. The zero-order chi connectivity index (χ0) is 17.8. The van der Waals surface area contributed by atoms with Gasteiger partial charge in [-0.15, -0.1) is 0 Å². The normalized spacial score (nSPS) is 10.5. The second kappa shape index (κ2) is 7.07. The van der Waals surface area contributed by atoms with Crippen molar-refractivity contribution < 1.29 is 0 Å². The number of benzene rings is 3. The van der Waals surface area contributed by atoms with E-state index in [9.17, 15) is 4.79 Å². The van der Waals surface area contributed by atoms with Crippen LogP contribution in [0.25, 0.3) is 16.9 Å². The van der Waals surface area contributed by atoms with E-state index >= 15 is 0 Å². The van der Waals surface area contributed by atoms with E-state index in [-0.39, 0.29) is 5.56 Å². The lowest BCUT2D eigenvalue weighted by Gasteiger charge is -2.18. The maximum Gasteiger partial charge on any atom is 0.275 e. The third kappa shape index (κ3) is 3.26. The molecule has 0 fully saturated rings. The van der Waals surface area contributed by atoms with E-state index in [0.29, 0.717) is 5.95 Å². The minimum atomic E-state index is -0.283. The van der Waals surface area contributed by atoms with Crippen LogP contribution in [0, 0.1) is 0 Å². The molecule has 0 saturated heterocycles. The second-order valence-electron chi connectivity index (χ2n) is 5.83. The Morgan fingerprint density at radius 1 is 0.731 bits per heavy atom. The van der Waals surface area contributed by atoms with Gasteiger partial charge in [0.2, 0.25) is 5.95 Å². The lowest BCUT2D eigenvalue weighted by atomic mass is 10.1. The van der Waals surface area contributed by atoms with Gasteiger partial charge in [0.15, 0.2) is 0 Å². The predicted octanol–water partition coefficient (Wildman–Crippen LogP) is 4.64. The molecule has 0 aliphatic carbocycles. The van der Waals surface area contributed by atoms with Crippen LogP contribution in [0.1, 0.15) is 0 Å². The summed E-state index contributed by atoms with van der Waals surface area (Å²) >= 11 is 0. The first-order valence-corrected chi connectivity index (χ1v) is 8.38. The molecule has 0 unspecified atom stereocenters. The molecule has 1 heterocycles. The Bertz CT molecular complexity index is 1060. The predicted molar refractivity (Wildman–Crippen MR) is 105 cm³/mol. The molecule has 3 aromatic carbocycles. The Morgan fingerprint density at radius 3 is 1.96 bits per heavy atom. The molecule has 4 heteroatoms. The van der Waals surface area contributed by atoms with E-state index in [4.69, 9.17) is 0 Å². The number of para-hydroxylation sites is 2. The van der Waals surface area contributed by atoms with Crippen molar-refractivity contribution in [2.45, 2.75) is 0 Å². The molecular formula is C22H17N3O. The minimum absolute atomic E-state index is 0.283. The molecule has 1 N–H and O–H groups in total. The maximum absolute atomic E-state index is 12.3. The summed E-state index contributed by atoms with van der Waals surface area (Å²) in [5, 5.41) is 3.27. The molecule has 0 spiro atoms. The number of hydrogen-bond donors (Lipinski definition) is 1. The first kappa shape index (κ1) is 15.8. The van der Waals surface area contributed by atoms with E-state index in [1.54, 1.807) is 6.07 Å². The number of aromatic nitrogens is 2. The van der Waals surface area contributed by atoms with Crippen LogP contribution in [-0.2, 0) is 0 Å². The lowest BCUT2D eigenvalue weighted by Crippen LogP contribution is -2.17. The molecule has 0 amide bonds. The van der Waals surface area contributed by atoms with Crippen LogP contribution < -0.4 is 10.9 Å². The summed E-state index contributed by atoms with van der Waals surface area (Å²) in [6.07, 6.45) is 0. The summed E-state index contributed by atoms with van der Waals surface area (Å²) in [5.41, 5.74) is 3.25. The van der Waals surface area contributed by atoms with Gasteiger partial charge in [-0.1, -0.05) is 66.7 Å². The van der Waals surface area contributed by atoms with Crippen molar-refractivity contribution in [2.24, 2.45) is 0 Å². The molecule has 0 atom stereocenters. The van der Waals surface area contributed by atoms with E-state index in [2.05, 4.69) is 10.3 Å². The van der Waals surface area contributed by atoms with Crippen LogP contribution >= 0.6 is 0 Å². The second-order valence-corrected chi connectivity index (χ2v) is 5.83. The topological polar surface area (TPSA) is 46.9 Å². The van der Waals surface area contributed by atoms with Gasteiger partial charge < -0.3 is 5.32 Å². The Labute approximate surface area is 151 Å². The summed E-state index contributed by atoms with van der Waals surface area (Å²) in [7, 11) is 0. The first-order valence-electron chi connectivity index (χ1n) is 8.38. The van der Waals surface area contributed by atoms with Gasteiger partial charge in [-0.25, -0.2) is 0 Å². The SMILES string of the molecule is O=c1cc(-c2ccccc2)n(-c2ccccc2)c(Nc2ccccc2)n1. The number of nitrogens with zero attached hydrogens (tertiary/aromatic N) is 2. The minimum Gasteiger partial charge on any atom is -0.325 e. The number of nitrogens with one attached hydrogen (secondary N) is 1. The van der Waals surface area contributed by atoms with E-state index in [0.717, 1.165) is 22.6 Å². The zero-order valence-electron chi connectivity index (χ0n) is 14.0. The highest BCUT2D eigenvalue weighted by atomic mass is 16.1. The number of hydrogen-bond acceptors (Lipinski definition) is 3. The van der Waals surface area contributed by atoms with Gasteiger partial charge in [0, 0.05) is 17.4 Å². The van der Waals surface area contributed by atoms with Gasteiger partial charge in [-0.05, 0) is 29.8 Å². The monoisotopic (exact) mass is 339 g/mol.